The molecule has 0 saturated heterocycles. The molecule has 24 heavy (non-hydrogen) atoms. The zero-order chi connectivity index (χ0) is 17.9. The van der Waals surface area contributed by atoms with E-state index in [1.54, 1.807) is 7.11 Å². The van der Waals surface area contributed by atoms with Crippen molar-refractivity contribution in [1.29, 1.82) is 0 Å². The van der Waals surface area contributed by atoms with Crippen LogP contribution in [0.5, 0.6) is 0 Å². The molecule has 2 aliphatic rings. The Hall–Kier alpha value is -1.35. The summed E-state index contributed by atoms with van der Waals surface area (Å²) in [6.07, 6.45) is 11.1. The van der Waals surface area contributed by atoms with Crippen molar-refractivity contribution in [3.05, 3.63) is 34.9 Å². The van der Waals surface area contributed by atoms with Crippen LogP contribution in [0.3, 0.4) is 0 Å². The fourth-order valence-electron chi connectivity index (χ4n) is 3.97. The summed E-state index contributed by atoms with van der Waals surface area (Å²) < 4.78 is 5.52. The number of carboxylic acid groups (broad SMARTS) is 1. The van der Waals surface area contributed by atoms with Crippen molar-refractivity contribution in [2.24, 2.45) is 17.3 Å². The van der Waals surface area contributed by atoms with Gasteiger partial charge in [0.1, 0.15) is 0 Å². The van der Waals surface area contributed by atoms with Gasteiger partial charge in [-0.1, -0.05) is 43.2 Å². The van der Waals surface area contributed by atoms with Crippen molar-refractivity contribution >= 4 is 5.97 Å². The minimum absolute atomic E-state index is 0.186. The second-order valence-corrected chi connectivity index (χ2v) is 8.02. The topological polar surface area (TPSA) is 46.5 Å². The number of rotatable bonds is 2. The predicted octanol–water partition coefficient (Wildman–Crippen LogP) is 5.14. The van der Waals surface area contributed by atoms with E-state index in [1.165, 1.54) is 11.1 Å². The third-order valence-electron chi connectivity index (χ3n) is 5.94. The summed E-state index contributed by atoms with van der Waals surface area (Å²) in [4.78, 5) is 11.8. The summed E-state index contributed by atoms with van der Waals surface area (Å²) in [5.41, 5.74) is 3.36. The van der Waals surface area contributed by atoms with E-state index in [4.69, 9.17) is 4.74 Å². The maximum Gasteiger partial charge on any atom is 0.333 e. The van der Waals surface area contributed by atoms with Crippen LogP contribution >= 0.6 is 0 Å². The average Bonchev–Trinajstić information content (AvgIpc) is 3.03. The number of hydrogen-bond donors (Lipinski definition) is 1. The van der Waals surface area contributed by atoms with E-state index >= 15 is 0 Å². The van der Waals surface area contributed by atoms with Crippen molar-refractivity contribution in [2.75, 3.05) is 7.11 Å². The van der Waals surface area contributed by atoms with Gasteiger partial charge in [-0.2, -0.15) is 0 Å². The lowest BCUT2D eigenvalue weighted by Gasteiger charge is -2.15. The van der Waals surface area contributed by atoms with Gasteiger partial charge in [-0.25, -0.2) is 4.79 Å². The van der Waals surface area contributed by atoms with Crippen LogP contribution in [0.2, 0.25) is 0 Å². The quantitative estimate of drug-likeness (QED) is 0.712. The minimum atomic E-state index is -0.850. The Balaban J connectivity index is 2.32. The Morgan fingerprint density at radius 1 is 1.21 bits per heavy atom. The molecule has 1 N–H and O–H groups in total. The molecule has 134 valence electrons. The molecule has 3 heteroatoms. The Morgan fingerprint density at radius 2 is 1.88 bits per heavy atom. The van der Waals surface area contributed by atoms with E-state index in [0.29, 0.717) is 23.8 Å². The zero-order valence-corrected chi connectivity index (χ0v) is 15.8. The summed E-state index contributed by atoms with van der Waals surface area (Å²) in [6.45, 7) is 8.84. The fourth-order valence-corrected chi connectivity index (χ4v) is 3.97. The first kappa shape index (κ1) is 19.0. The van der Waals surface area contributed by atoms with Crippen molar-refractivity contribution in [2.45, 2.75) is 65.9 Å². The van der Waals surface area contributed by atoms with Gasteiger partial charge in [-0.15, -0.1) is 0 Å². The molecule has 1 fully saturated rings. The number of carbonyl (C=O) groups is 1. The van der Waals surface area contributed by atoms with Crippen molar-refractivity contribution in [3.8, 4) is 0 Å². The molecule has 3 nitrogen and oxygen atoms in total. The first-order valence-corrected chi connectivity index (χ1v) is 9.06. The number of aliphatic carboxylic acids is 1. The molecule has 1 saturated carbocycles. The highest BCUT2D eigenvalue weighted by Gasteiger charge is 2.55. The number of fused-ring (bicyclic) bond motifs is 1. The van der Waals surface area contributed by atoms with Crippen LogP contribution in [-0.2, 0) is 9.53 Å². The number of carboxylic acids is 1. The Labute approximate surface area is 146 Å². The zero-order valence-electron chi connectivity index (χ0n) is 15.8. The summed E-state index contributed by atoms with van der Waals surface area (Å²) in [5.74, 6) is 0.0486. The summed E-state index contributed by atoms with van der Waals surface area (Å²) in [6, 6.07) is 0. The highest BCUT2D eigenvalue weighted by Crippen LogP contribution is 2.61. The second kappa shape index (κ2) is 7.69. The van der Waals surface area contributed by atoms with Crippen LogP contribution in [0.15, 0.2) is 34.9 Å². The number of ether oxygens (including phenoxy) is 1. The fraction of sp³-hybridized carbons (Fsp3) is 0.667. The van der Waals surface area contributed by atoms with Crippen molar-refractivity contribution in [1.82, 2.24) is 0 Å². The average molecular weight is 332 g/mol. The monoisotopic (exact) mass is 332 g/mol. The van der Waals surface area contributed by atoms with Crippen LogP contribution in [-0.4, -0.2) is 24.3 Å². The molecule has 0 aliphatic heterocycles. The lowest BCUT2D eigenvalue weighted by Crippen LogP contribution is -2.20. The highest BCUT2D eigenvalue weighted by atomic mass is 16.5. The van der Waals surface area contributed by atoms with Crippen LogP contribution < -0.4 is 0 Å². The van der Waals surface area contributed by atoms with Crippen molar-refractivity contribution in [3.63, 3.8) is 0 Å². The molecule has 0 radical (unpaired) electrons. The molecule has 2 rings (SSSR count). The first-order chi connectivity index (χ1) is 11.3. The molecule has 0 spiro atoms. The third kappa shape index (κ3) is 4.38. The Kier molecular flexibility index (Phi) is 6.08. The molecule has 3 atom stereocenters. The Morgan fingerprint density at radius 3 is 2.50 bits per heavy atom. The van der Waals surface area contributed by atoms with Crippen LogP contribution in [0.25, 0.3) is 0 Å². The molecule has 0 amide bonds. The summed E-state index contributed by atoms with van der Waals surface area (Å²) >= 11 is 0. The van der Waals surface area contributed by atoms with E-state index in [1.807, 2.05) is 6.08 Å². The largest absolute Gasteiger partial charge is 0.478 e. The van der Waals surface area contributed by atoms with Gasteiger partial charge in [0.25, 0.3) is 0 Å². The smallest absolute Gasteiger partial charge is 0.333 e. The highest BCUT2D eigenvalue weighted by molar-refractivity contribution is 5.88. The molecule has 0 aromatic rings. The first-order valence-electron chi connectivity index (χ1n) is 9.06. The second-order valence-electron chi connectivity index (χ2n) is 8.02. The van der Waals surface area contributed by atoms with Crippen LogP contribution in [0.1, 0.15) is 59.8 Å². The summed E-state index contributed by atoms with van der Waals surface area (Å²) in [7, 11) is 1.61. The van der Waals surface area contributed by atoms with Gasteiger partial charge in [0, 0.05) is 7.11 Å². The lowest BCUT2D eigenvalue weighted by atomic mass is 9.99. The van der Waals surface area contributed by atoms with Crippen LogP contribution in [0.4, 0.5) is 0 Å². The van der Waals surface area contributed by atoms with Gasteiger partial charge >= 0.3 is 5.97 Å². The van der Waals surface area contributed by atoms with E-state index in [9.17, 15) is 9.90 Å². The van der Waals surface area contributed by atoms with E-state index in [0.717, 1.165) is 25.7 Å². The standard InChI is InChI=1S/C21H32O3/c1-14-7-6-8-15(2)10-12-19(24-5)16(20(22)23)13-18-17(11-9-14)21(18,3)4/h7,10,13,17-19H,6,8-9,11-12H2,1-5H3,(H,22,23)/b14-7+,15-10+,16-13?/t17-,18-,19+/m1/s1. The molecule has 0 aromatic heterocycles. The number of allylic oxidation sites excluding steroid dienone is 4. The number of methoxy groups -OCH3 is 1. The summed E-state index contributed by atoms with van der Waals surface area (Å²) in [5, 5.41) is 9.68. The molecular weight excluding hydrogens is 300 g/mol. The number of hydrogen-bond acceptors (Lipinski definition) is 2. The van der Waals surface area contributed by atoms with Crippen molar-refractivity contribution < 1.29 is 14.6 Å². The molecule has 0 heterocycles. The van der Waals surface area contributed by atoms with Gasteiger partial charge in [-0.3, -0.25) is 0 Å². The maximum atomic E-state index is 11.8. The van der Waals surface area contributed by atoms with Gasteiger partial charge in [0.2, 0.25) is 0 Å². The van der Waals surface area contributed by atoms with Gasteiger partial charge in [0.15, 0.2) is 0 Å². The third-order valence-corrected chi connectivity index (χ3v) is 5.94. The van der Waals surface area contributed by atoms with Gasteiger partial charge in [-0.05, 0) is 63.2 Å². The van der Waals surface area contributed by atoms with E-state index in [-0.39, 0.29) is 11.5 Å². The molecule has 2 aliphatic carbocycles. The molecular formula is C21H32O3. The normalized spacial score (nSPS) is 35.4. The molecule has 0 unspecified atom stereocenters. The predicted molar refractivity (Wildman–Crippen MR) is 97.9 cm³/mol. The minimum Gasteiger partial charge on any atom is -0.478 e. The van der Waals surface area contributed by atoms with Gasteiger partial charge in [0.05, 0.1) is 11.7 Å². The van der Waals surface area contributed by atoms with Crippen LogP contribution in [0, 0.1) is 17.3 Å². The molecule has 0 bridgehead atoms. The maximum absolute atomic E-state index is 11.8. The molecule has 0 aromatic carbocycles. The SMILES string of the molecule is CO[C@H]1C/C=C(\C)CC/C=C(\C)CC[C@@H]2[C@@H](C=C1C(=O)O)C2(C)C. The van der Waals surface area contributed by atoms with E-state index in [2.05, 4.69) is 39.8 Å². The Bertz CT molecular complexity index is 566. The van der Waals surface area contributed by atoms with E-state index < -0.39 is 5.97 Å². The lowest BCUT2D eigenvalue weighted by molar-refractivity contribution is -0.134. The van der Waals surface area contributed by atoms with Gasteiger partial charge < -0.3 is 9.84 Å².